The van der Waals surface area contributed by atoms with Gasteiger partial charge in [0.1, 0.15) is 11.5 Å². The molecule has 0 heterocycles. The lowest BCUT2D eigenvalue weighted by Crippen LogP contribution is -2.17. The predicted molar refractivity (Wildman–Crippen MR) is 111 cm³/mol. The van der Waals surface area contributed by atoms with Gasteiger partial charge in [0, 0.05) is 16.9 Å². The largest absolute Gasteiger partial charge is 0.573 e. The van der Waals surface area contributed by atoms with Crippen LogP contribution in [0.4, 0.5) is 24.5 Å². The molecule has 1 amide bonds. The lowest BCUT2D eigenvalue weighted by Gasteiger charge is -2.11. The zero-order valence-electron chi connectivity index (χ0n) is 16.5. The van der Waals surface area contributed by atoms with Crippen LogP contribution in [0, 0.1) is 0 Å². The van der Waals surface area contributed by atoms with E-state index >= 15 is 0 Å². The van der Waals surface area contributed by atoms with E-state index in [2.05, 4.69) is 14.8 Å². The van der Waals surface area contributed by atoms with E-state index in [-0.39, 0.29) is 16.1 Å². The summed E-state index contributed by atoms with van der Waals surface area (Å²) in [5.74, 6) is -0.415. The lowest BCUT2D eigenvalue weighted by atomic mass is 10.2. The van der Waals surface area contributed by atoms with Gasteiger partial charge in [-0.05, 0) is 72.8 Å². The van der Waals surface area contributed by atoms with Crippen LogP contribution in [-0.4, -0.2) is 27.8 Å². The van der Waals surface area contributed by atoms with Gasteiger partial charge in [-0.25, -0.2) is 8.42 Å². The SMILES string of the molecule is COc1ccc(NS(=O)(=O)c2ccc(C(=O)Nc3ccc(OC(F)(F)F)cc3)cc2)cc1. The highest BCUT2D eigenvalue weighted by Gasteiger charge is 2.31. The van der Waals surface area contributed by atoms with Crippen LogP contribution in [0.5, 0.6) is 11.5 Å². The topological polar surface area (TPSA) is 93.7 Å². The van der Waals surface area contributed by atoms with E-state index in [0.717, 1.165) is 12.1 Å². The monoisotopic (exact) mass is 466 g/mol. The van der Waals surface area contributed by atoms with Gasteiger partial charge in [0.2, 0.25) is 0 Å². The van der Waals surface area contributed by atoms with Gasteiger partial charge in [0.05, 0.1) is 12.0 Å². The van der Waals surface area contributed by atoms with Gasteiger partial charge in [0.15, 0.2) is 0 Å². The van der Waals surface area contributed by atoms with Crippen molar-refractivity contribution in [2.45, 2.75) is 11.3 Å². The summed E-state index contributed by atoms with van der Waals surface area (Å²) in [6, 6.07) is 16.1. The second-order valence-electron chi connectivity index (χ2n) is 6.38. The van der Waals surface area contributed by atoms with Crippen LogP contribution in [-0.2, 0) is 10.0 Å². The Kier molecular flexibility index (Phi) is 6.58. The van der Waals surface area contributed by atoms with E-state index in [4.69, 9.17) is 4.74 Å². The standard InChI is InChI=1S/C21H17F3N2O5S/c1-30-17-8-6-16(7-9-17)26-32(28,29)19-12-2-14(3-13-19)20(27)25-15-4-10-18(11-5-15)31-21(22,23)24/h2-13,26H,1H3,(H,25,27). The first kappa shape index (κ1) is 22.9. The molecule has 2 N–H and O–H groups in total. The van der Waals surface area contributed by atoms with Crippen LogP contribution < -0.4 is 19.5 Å². The highest BCUT2D eigenvalue weighted by Crippen LogP contribution is 2.24. The number of carbonyl (C=O) groups excluding carboxylic acids is 1. The summed E-state index contributed by atoms with van der Waals surface area (Å²) in [5, 5.41) is 2.50. The van der Waals surface area contributed by atoms with Crippen molar-refractivity contribution in [3.63, 3.8) is 0 Å². The normalized spacial score (nSPS) is 11.5. The number of carbonyl (C=O) groups is 1. The Morgan fingerprint density at radius 1 is 0.812 bits per heavy atom. The van der Waals surface area contributed by atoms with E-state index in [1.807, 2.05) is 0 Å². The van der Waals surface area contributed by atoms with Crippen LogP contribution in [0.1, 0.15) is 10.4 Å². The summed E-state index contributed by atoms with van der Waals surface area (Å²) in [7, 11) is -2.39. The molecule has 0 aliphatic rings. The van der Waals surface area contributed by atoms with Crippen LogP contribution >= 0.6 is 0 Å². The third kappa shape index (κ3) is 6.14. The van der Waals surface area contributed by atoms with Crippen molar-refractivity contribution >= 4 is 27.3 Å². The highest BCUT2D eigenvalue weighted by molar-refractivity contribution is 7.92. The van der Waals surface area contributed by atoms with Crippen molar-refractivity contribution in [1.82, 2.24) is 0 Å². The number of rotatable bonds is 7. The fourth-order valence-corrected chi connectivity index (χ4v) is 3.66. The molecule has 0 saturated heterocycles. The maximum Gasteiger partial charge on any atom is 0.573 e. The minimum absolute atomic E-state index is 0.0569. The number of hydrogen-bond acceptors (Lipinski definition) is 5. The third-order valence-corrected chi connectivity index (χ3v) is 5.51. The molecule has 7 nitrogen and oxygen atoms in total. The van der Waals surface area contributed by atoms with Gasteiger partial charge in [-0.2, -0.15) is 0 Å². The zero-order valence-corrected chi connectivity index (χ0v) is 17.3. The molecular weight excluding hydrogens is 449 g/mol. The fourth-order valence-electron chi connectivity index (χ4n) is 2.60. The number of nitrogens with one attached hydrogen (secondary N) is 2. The number of sulfonamides is 1. The molecule has 0 fully saturated rings. The molecule has 3 rings (SSSR count). The molecule has 0 radical (unpaired) electrons. The number of ether oxygens (including phenoxy) is 2. The maximum absolute atomic E-state index is 12.5. The molecule has 168 valence electrons. The number of amides is 1. The predicted octanol–water partition coefficient (Wildman–Crippen LogP) is 4.65. The summed E-state index contributed by atoms with van der Waals surface area (Å²) < 4.78 is 72.8. The second kappa shape index (κ2) is 9.18. The maximum atomic E-state index is 12.5. The minimum Gasteiger partial charge on any atom is -0.497 e. The summed E-state index contributed by atoms with van der Waals surface area (Å²) >= 11 is 0. The van der Waals surface area contributed by atoms with Crippen molar-refractivity contribution in [3.8, 4) is 11.5 Å². The van der Waals surface area contributed by atoms with Gasteiger partial charge >= 0.3 is 6.36 Å². The Balaban J connectivity index is 1.65. The number of halogens is 3. The molecule has 3 aromatic carbocycles. The average Bonchev–Trinajstić information content (AvgIpc) is 2.74. The average molecular weight is 466 g/mol. The van der Waals surface area contributed by atoms with E-state index in [0.29, 0.717) is 11.4 Å². The quantitative estimate of drug-likeness (QED) is 0.529. The fraction of sp³-hybridized carbons (Fsp3) is 0.0952. The Morgan fingerprint density at radius 2 is 1.34 bits per heavy atom. The first-order valence-electron chi connectivity index (χ1n) is 9.00. The van der Waals surface area contributed by atoms with Crippen molar-refractivity contribution < 1.29 is 35.9 Å². The summed E-state index contributed by atoms with van der Waals surface area (Å²) in [6.45, 7) is 0. The van der Waals surface area contributed by atoms with Gasteiger partial charge in [0.25, 0.3) is 15.9 Å². The van der Waals surface area contributed by atoms with E-state index < -0.39 is 28.0 Å². The molecule has 3 aromatic rings. The van der Waals surface area contributed by atoms with Crippen LogP contribution in [0.25, 0.3) is 0 Å². The van der Waals surface area contributed by atoms with Crippen molar-refractivity contribution in [3.05, 3.63) is 78.4 Å². The molecule has 0 unspecified atom stereocenters. The molecule has 0 aliphatic heterocycles. The van der Waals surface area contributed by atoms with Gasteiger partial charge in [-0.3, -0.25) is 9.52 Å². The first-order valence-corrected chi connectivity index (χ1v) is 10.5. The number of anilines is 2. The second-order valence-corrected chi connectivity index (χ2v) is 8.07. The molecule has 0 aliphatic carbocycles. The Bertz CT molecular complexity index is 1180. The molecular formula is C21H17F3N2O5S. The Labute approximate surface area is 181 Å². The summed E-state index contributed by atoms with van der Waals surface area (Å²) in [4.78, 5) is 12.3. The zero-order chi connectivity index (χ0) is 23.4. The van der Waals surface area contributed by atoms with Gasteiger partial charge in [-0.15, -0.1) is 13.2 Å². The molecule has 32 heavy (non-hydrogen) atoms. The van der Waals surface area contributed by atoms with Crippen LogP contribution in [0.15, 0.2) is 77.7 Å². The summed E-state index contributed by atoms with van der Waals surface area (Å²) in [5.41, 5.74) is 0.733. The van der Waals surface area contributed by atoms with Crippen LogP contribution in [0.3, 0.4) is 0 Å². The molecule has 11 heteroatoms. The first-order chi connectivity index (χ1) is 15.1. The number of alkyl halides is 3. The molecule has 0 bridgehead atoms. The Morgan fingerprint density at radius 3 is 1.88 bits per heavy atom. The number of benzene rings is 3. The van der Waals surface area contributed by atoms with Crippen LogP contribution in [0.2, 0.25) is 0 Å². The molecule has 0 atom stereocenters. The molecule has 0 aromatic heterocycles. The lowest BCUT2D eigenvalue weighted by molar-refractivity contribution is -0.274. The minimum atomic E-state index is -4.81. The smallest absolute Gasteiger partial charge is 0.497 e. The molecule has 0 saturated carbocycles. The molecule has 0 spiro atoms. The van der Waals surface area contributed by atoms with E-state index in [1.54, 1.807) is 24.3 Å². The number of hydrogen-bond donors (Lipinski definition) is 2. The van der Waals surface area contributed by atoms with E-state index in [1.165, 1.54) is 43.5 Å². The summed E-state index contributed by atoms with van der Waals surface area (Å²) in [6.07, 6.45) is -4.81. The van der Waals surface area contributed by atoms with Crippen molar-refractivity contribution in [1.29, 1.82) is 0 Å². The van der Waals surface area contributed by atoms with E-state index in [9.17, 15) is 26.4 Å². The Hall–Kier alpha value is -3.73. The van der Waals surface area contributed by atoms with Crippen molar-refractivity contribution in [2.75, 3.05) is 17.1 Å². The number of methoxy groups -OCH3 is 1. The van der Waals surface area contributed by atoms with Gasteiger partial charge in [-0.1, -0.05) is 0 Å². The third-order valence-electron chi connectivity index (χ3n) is 4.11. The van der Waals surface area contributed by atoms with Crippen molar-refractivity contribution in [2.24, 2.45) is 0 Å². The van der Waals surface area contributed by atoms with Gasteiger partial charge < -0.3 is 14.8 Å². The highest BCUT2D eigenvalue weighted by atomic mass is 32.2.